The molecule has 0 N–H and O–H groups in total. The van der Waals surface area contributed by atoms with E-state index in [9.17, 15) is 9.18 Å². The minimum atomic E-state index is -0.219. The van der Waals surface area contributed by atoms with E-state index in [1.165, 1.54) is 6.07 Å². The molecule has 2 aliphatic heterocycles. The van der Waals surface area contributed by atoms with Crippen LogP contribution in [0.25, 0.3) is 0 Å². The third kappa shape index (κ3) is 3.45. The van der Waals surface area contributed by atoms with Crippen LogP contribution < -0.4 is 14.4 Å². The molecule has 26 heavy (non-hydrogen) atoms. The summed E-state index contributed by atoms with van der Waals surface area (Å²) in [6.45, 7) is 3.54. The lowest BCUT2D eigenvalue weighted by molar-refractivity contribution is -0.130. The fraction of sp³-hybridized carbons (Fsp3) is 0.350. The topological polar surface area (TPSA) is 42.0 Å². The Morgan fingerprint density at radius 1 is 0.962 bits per heavy atom. The van der Waals surface area contributed by atoms with Gasteiger partial charge in [-0.15, -0.1) is 0 Å². The van der Waals surface area contributed by atoms with Gasteiger partial charge in [-0.25, -0.2) is 4.39 Å². The molecule has 1 amide bonds. The van der Waals surface area contributed by atoms with E-state index in [1.54, 1.807) is 12.1 Å². The highest BCUT2D eigenvalue weighted by atomic mass is 19.1. The van der Waals surface area contributed by atoms with Gasteiger partial charge < -0.3 is 19.3 Å². The molecule has 0 radical (unpaired) electrons. The average Bonchev–Trinajstić information content (AvgIpc) is 2.68. The summed E-state index contributed by atoms with van der Waals surface area (Å²) in [5.41, 5.74) is 1.52. The number of carbonyl (C=O) groups excluding carboxylic acids is 1. The SMILES string of the molecule is O=C(Cc1ccc2c(c1)OCCO2)N1CCN(c2ccccc2F)CC1. The van der Waals surface area contributed by atoms with Crippen LogP contribution >= 0.6 is 0 Å². The number of nitrogens with zero attached hydrogens (tertiary/aromatic N) is 2. The number of benzene rings is 2. The number of amides is 1. The Labute approximate surface area is 151 Å². The second-order valence-electron chi connectivity index (χ2n) is 6.47. The predicted molar refractivity (Wildman–Crippen MR) is 96.3 cm³/mol. The van der Waals surface area contributed by atoms with Crippen molar-refractivity contribution in [2.24, 2.45) is 0 Å². The fourth-order valence-electron chi connectivity index (χ4n) is 3.39. The first-order chi connectivity index (χ1) is 12.7. The van der Waals surface area contributed by atoms with E-state index in [-0.39, 0.29) is 11.7 Å². The second kappa shape index (κ2) is 7.23. The first kappa shape index (κ1) is 16.7. The molecule has 0 atom stereocenters. The van der Waals surface area contributed by atoms with Crippen LogP contribution in [0.4, 0.5) is 10.1 Å². The van der Waals surface area contributed by atoms with Crippen molar-refractivity contribution in [3.05, 3.63) is 53.8 Å². The summed E-state index contributed by atoms with van der Waals surface area (Å²) < 4.78 is 25.0. The maximum Gasteiger partial charge on any atom is 0.227 e. The van der Waals surface area contributed by atoms with Crippen LogP contribution in [0.1, 0.15) is 5.56 Å². The number of rotatable bonds is 3. The third-order valence-electron chi connectivity index (χ3n) is 4.79. The number of para-hydroxylation sites is 1. The summed E-state index contributed by atoms with van der Waals surface area (Å²) in [4.78, 5) is 16.4. The van der Waals surface area contributed by atoms with Crippen LogP contribution in [0, 0.1) is 5.82 Å². The van der Waals surface area contributed by atoms with E-state index < -0.39 is 0 Å². The number of piperazine rings is 1. The van der Waals surface area contributed by atoms with E-state index >= 15 is 0 Å². The summed E-state index contributed by atoms with van der Waals surface area (Å²) in [7, 11) is 0. The summed E-state index contributed by atoms with van der Waals surface area (Å²) in [6, 6.07) is 12.4. The zero-order valence-electron chi connectivity index (χ0n) is 14.5. The van der Waals surface area contributed by atoms with Gasteiger partial charge in [0, 0.05) is 26.2 Å². The second-order valence-corrected chi connectivity index (χ2v) is 6.47. The van der Waals surface area contributed by atoms with Gasteiger partial charge in [0.05, 0.1) is 12.1 Å². The first-order valence-corrected chi connectivity index (χ1v) is 8.86. The smallest absolute Gasteiger partial charge is 0.227 e. The number of ether oxygens (including phenoxy) is 2. The third-order valence-corrected chi connectivity index (χ3v) is 4.79. The molecule has 1 fully saturated rings. The fourth-order valence-corrected chi connectivity index (χ4v) is 3.39. The predicted octanol–water partition coefficient (Wildman–Crippen LogP) is 2.49. The molecule has 2 heterocycles. The van der Waals surface area contributed by atoms with Crippen molar-refractivity contribution < 1.29 is 18.7 Å². The highest BCUT2D eigenvalue weighted by Gasteiger charge is 2.23. The Morgan fingerprint density at radius 3 is 2.46 bits per heavy atom. The quantitative estimate of drug-likeness (QED) is 0.847. The van der Waals surface area contributed by atoms with Gasteiger partial charge in [-0.1, -0.05) is 18.2 Å². The molecule has 2 aromatic carbocycles. The standard InChI is InChI=1S/C20H21FN2O3/c21-16-3-1-2-4-17(16)22-7-9-23(10-8-22)20(24)14-15-5-6-18-19(13-15)26-12-11-25-18/h1-6,13H,7-12,14H2. The molecule has 0 bridgehead atoms. The van der Waals surface area contributed by atoms with Gasteiger partial charge in [0.15, 0.2) is 11.5 Å². The zero-order chi connectivity index (χ0) is 17.9. The van der Waals surface area contributed by atoms with Crippen molar-refractivity contribution in [3.8, 4) is 11.5 Å². The Morgan fingerprint density at radius 2 is 1.69 bits per heavy atom. The van der Waals surface area contributed by atoms with Crippen molar-refractivity contribution in [3.63, 3.8) is 0 Å². The molecule has 5 nitrogen and oxygen atoms in total. The van der Waals surface area contributed by atoms with Crippen LogP contribution in [-0.4, -0.2) is 50.2 Å². The van der Waals surface area contributed by atoms with Crippen LogP contribution in [0.3, 0.4) is 0 Å². The highest BCUT2D eigenvalue weighted by Crippen LogP contribution is 2.31. The number of anilines is 1. The van der Waals surface area contributed by atoms with Crippen LogP contribution in [0.15, 0.2) is 42.5 Å². The maximum absolute atomic E-state index is 13.9. The largest absolute Gasteiger partial charge is 0.486 e. The van der Waals surface area contributed by atoms with Crippen LogP contribution in [0.2, 0.25) is 0 Å². The Bertz CT molecular complexity index is 803. The molecule has 0 aromatic heterocycles. The minimum Gasteiger partial charge on any atom is -0.486 e. The lowest BCUT2D eigenvalue weighted by atomic mass is 10.1. The molecule has 1 saturated heterocycles. The van der Waals surface area contributed by atoms with Gasteiger partial charge in [0.25, 0.3) is 0 Å². The molecule has 2 aromatic rings. The van der Waals surface area contributed by atoms with Gasteiger partial charge in [0.1, 0.15) is 19.0 Å². The van der Waals surface area contributed by atoms with Gasteiger partial charge in [0.2, 0.25) is 5.91 Å². The summed E-state index contributed by atoms with van der Waals surface area (Å²) in [5.74, 6) is 1.29. The van der Waals surface area contributed by atoms with Crippen molar-refractivity contribution >= 4 is 11.6 Å². The van der Waals surface area contributed by atoms with E-state index in [0.717, 1.165) is 11.3 Å². The van der Waals surface area contributed by atoms with E-state index in [4.69, 9.17) is 9.47 Å². The molecule has 136 valence electrons. The summed E-state index contributed by atoms with van der Waals surface area (Å²) >= 11 is 0. The average molecular weight is 356 g/mol. The number of carbonyl (C=O) groups is 1. The van der Waals surface area contributed by atoms with Crippen molar-refractivity contribution in [1.82, 2.24) is 4.90 Å². The number of halogens is 1. The summed E-state index contributed by atoms with van der Waals surface area (Å²) in [6.07, 6.45) is 0.330. The zero-order valence-corrected chi connectivity index (χ0v) is 14.5. The van der Waals surface area contributed by atoms with Crippen molar-refractivity contribution in [2.45, 2.75) is 6.42 Å². The molecule has 2 aliphatic rings. The van der Waals surface area contributed by atoms with Gasteiger partial charge in [-0.05, 0) is 29.8 Å². The minimum absolute atomic E-state index is 0.0786. The van der Waals surface area contributed by atoms with E-state index in [1.807, 2.05) is 34.1 Å². The van der Waals surface area contributed by atoms with Gasteiger partial charge in [-0.2, -0.15) is 0 Å². The number of hydrogen-bond donors (Lipinski definition) is 0. The van der Waals surface area contributed by atoms with E-state index in [2.05, 4.69) is 0 Å². The molecule has 4 rings (SSSR count). The monoisotopic (exact) mass is 356 g/mol. The van der Waals surface area contributed by atoms with Crippen molar-refractivity contribution in [1.29, 1.82) is 0 Å². The van der Waals surface area contributed by atoms with E-state index in [0.29, 0.717) is 57.3 Å². The molecule has 0 saturated carbocycles. The molecular formula is C20H21FN2O3. The molecule has 0 unspecified atom stereocenters. The lowest BCUT2D eigenvalue weighted by Crippen LogP contribution is -2.49. The Hall–Kier alpha value is -2.76. The normalized spacial score (nSPS) is 16.5. The molecular weight excluding hydrogens is 335 g/mol. The molecule has 0 spiro atoms. The van der Waals surface area contributed by atoms with Crippen LogP contribution in [0.5, 0.6) is 11.5 Å². The van der Waals surface area contributed by atoms with Crippen molar-refractivity contribution in [2.75, 3.05) is 44.3 Å². The molecule has 0 aliphatic carbocycles. The van der Waals surface area contributed by atoms with Crippen LogP contribution in [-0.2, 0) is 11.2 Å². The van der Waals surface area contributed by atoms with Gasteiger partial charge >= 0.3 is 0 Å². The summed E-state index contributed by atoms with van der Waals surface area (Å²) in [5, 5.41) is 0. The molecule has 6 heteroatoms. The number of hydrogen-bond acceptors (Lipinski definition) is 4. The Balaban J connectivity index is 1.36. The van der Waals surface area contributed by atoms with Gasteiger partial charge in [-0.3, -0.25) is 4.79 Å². The Kier molecular flexibility index (Phi) is 4.65. The number of fused-ring (bicyclic) bond motifs is 1. The first-order valence-electron chi connectivity index (χ1n) is 8.86. The highest BCUT2D eigenvalue weighted by molar-refractivity contribution is 5.79. The maximum atomic E-state index is 13.9. The lowest BCUT2D eigenvalue weighted by Gasteiger charge is -2.36.